The van der Waals surface area contributed by atoms with Crippen LogP contribution in [0.25, 0.3) is 22.2 Å². The number of aromatic nitrogens is 1. The van der Waals surface area contributed by atoms with Crippen LogP contribution in [0.15, 0.2) is 60.7 Å². The fraction of sp³-hybridized carbons (Fsp3) is 0.512. The van der Waals surface area contributed by atoms with Crippen LogP contribution in [0.2, 0.25) is 0 Å². The lowest BCUT2D eigenvalue weighted by molar-refractivity contribution is -0.140. The predicted molar refractivity (Wildman–Crippen MR) is 207 cm³/mol. The first-order chi connectivity index (χ1) is 25.1. The van der Waals surface area contributed by atoms with E-state index in [4.69, 9.17) is 19.2 Å². The maximum absolute atomic E-state index is 14.6. The van der Waals surface area contributed by atoms with E-state index in [0.29, 0.717) is 42.0 Å². The average Bonchev–Trinajstić information content (AvgIpc) is 3.64. The Morgan fingerprint density at radius 1 is 1.06 bits per heavy atom. The summed E-state index contributed by atoms with van der Waals surface area (Å²) in [6, 6.07) is 13.7. The number of pyridine rings is 1. The van der Waals surface area contributed by atoms with Gasteiger partial charge in [0.15, 0.2) is 0 Å². The zero-order chi connectivity index (χ0) is 38.1. The summed E-state index contributed by atoms with van der Waals surface area (Å²) in [7, 11) is -1.20. The number of aryl methyl sites for hydroxylation is 1. The van der Waals surface area contributed by atoms with Crippen LogP contribution < -0.4 is 20.1 Å². The third-order valence-electron chi connectivity index (χ3n) is 10.5. The number of benzene rings is 2. The van der Waals surface area contributed by atoms with Gasteiger partial charge in [0, 0.05) is 35.4 Å². The van der Waals surface area contributed by atoms with E-state index in [1.807, 2.05) is 55.5 Å². The maximum atomic E-state index is 14.6. The second-order valence-electron chi connectivity index (χ2n) is 16.1. The van der Waals surface area contributed by atoms with Crippen molar-refractivity contribution in [3.05, 3.63) is 66.2 Å². The molecule has 5 atom stereocenters. The van der Waals surface area contributed by atoms with Gasteiger partial charge in [-0.2, -0.15) is 0 Å². The summed E-state index contributed by atoms with van der Waals surface area (Å²) in [5.41, 5.74) is 2.67. The van der Waals surface area contributed by atoms with E-state index in [-0.39, 0.29) is 30.7 Å². The Kier molecular flexibility index (Phi) is 11.0. The summed E-state index contributed by atoms with van der Waals surface area (Å²) in [5, 5.41) is 5.89. The lowest BCUT2D eigenvalue weighted by Crippen LogP contribution is -2.55. The van der Waals surface area contributed by atoms with Crippen LogP contribution in [0.1, 0.15) is 71.3 Å². The minimum atomic E-state index is -2.80. The number of allylic oxidation sites excluding steroid dienone is 1. The highest BCUT2D eigenvalue weighted by Crippen LogP contribution is 2.68. The van der Waals surface area contributed by atoms with E-state index < -0.39 is 42.3 Å². The Morgan fingerprint density at radius 3 is 2.51 bits per heavy atom. The minimum absolute atomic E-state index is 0.0445. The van der Waals surface area contributed by atoms with E-state index in [1.54, 1.807) is 41.2 Å². The highest BCUT2D eigenvalue weighted by Gasteiger charge is 2.62. The number of amides is 3. The van der Waals surface area contributed by atoms with Crippen LogP contribution in [-0.4, -0.2) is 83.8 Å². The second kappa shape index (κ2) is 15.2. The van der Waals surface area contributed by atoms with Crippen molar-refractivity contribution in [3.63, 3.8) is 0 Å². The van der Waals surface area contributed by atoms with Crippen molar-refractivity contribution in [2.75, 3.05) is 27.0 Å². The Labute approximate surface area is 312 Å². The first kappa shape index (κ1) is 38.4. The van der Waals surface area contributed by atoms with E-state index in [1.165, 1.54) is 4.90 Å². The SMILES string of the molecule is COc1ccc2c(OC3CC4C(=O)NC5(P(C)(C)=O)CC5/C=C/CCCCCC(NC(=O)OC(C)(C)C)C(=O)N4C3)cc(-c3ccc(C)cc3)nc2c1. The smallest absolute Gasteiger partial charge is 0.408 e. The minimum Gasteiger partial charge on any atom is -0.497 e. The average molecular weight is 745 g/mol. The molecule has 1 aromatic heterocycles. The number of nitrogens with zero attached hydrogens (tertiary/aromatic N) is 2. The highest BCUT2D eigenvalue weighted by atomic mass is 31.2. The molecular formula is C41H53N4O7P. The van der Waals surface area contributed by atoms with Gasteiger partial charge in [0.05, 0.1) is 30.1 Å². The molecule has 0 spiro atoms. The van der Waals surface area contributed by atoms with E-state index in [9.17, 15) is 18.9 Å². The number of ether oxygens (including phenoxy) is 3. The zero-order valence-electron chi connectivity index (χ0n) is 31.9. The summed E-state index contributed by atoms with van der Waals surface area (Å²) in [4.78, 5) is 48.4. The first-order valence-corrected chi connectivity index (χ1v) is 21.2. The molecule has 2 fully saturated rings. The highest BCUT2D eigenvalue weighted by molar-refractivity contribution is 7.64. The van der Waals surface area contributed by atoms with Gasteiger partial charge in [0.25, 0.3) is 0 Å². The molecule has 6 rings (SSSR count). The van der Waals surface area contributed by atoms with Gasteiger partial charge in [0.1, 0.15) is 42.4 Å². The lowest BCUT2D eigenvalue weighted by atomic mass is 10.0. The van der Waals surface area contributed by atoms with Gasteiger partial charge in [-0.1, -0.05) is 54.8 Å². The van der Waals surface area contributed by atoms with Crippen molar-refractivity contribution < 1.29 is 33.2 Å². The molecular weight excluding hydrogens is 691 g/mol. The molecule has 11 nitrogen and oxygen atoms in total. The van der Waals surface area contributed by atoms with Gasteiger partial charge in [-0.25, -0.2) is 9.78 Å². The standard InChI is InChI=1S/C41H53N4O7P/c1-26-15-17-27(18-16-26)33-23-36(31-20-19-29(50-5)21-34(31)42-33)51-30-22-35-37(46)44-41(53(6,7)49)24-28(41)13-11-9-8-10-12-14-32(38(47)45(35)25-30)43-39(48)52-40(2,3)4/h11,13,15-21,23,28,30,32,35H,8-10,12,14,22,24-25H2,1-7H3,(H,43,48)(H,44,46)/b13-11+. The van der Waals surface area contributed by atoms with E-state index in [0.717, 1.165) is 35.8 Å². The molecule has 2 aromatic carbocycles. The third-order valence-corrected chi connectivity index (χ3v) is 13.0. The summed E-state index contributed by atoms with van der Waals surface area (Å²) in [6.45, 7) is 10.9. The summed E-state index contributed by atoms with van der Waals surface area (Å²) < 4.78 is 31.6. The number of alkyl carbamates (subject to hydrolysis) is 1. The lowest BCUT2D eigenvalue weighted by Gasteiger charge is -2.31. The molecule has 2 aliphatic heterocycles. The first-order valence-electron chi connectivity index (χ1n) is 18.6. The molecule has 3 aromatic rings. The molecule has 284 valence electrons. The Balaban J connectivity index is 1.36. The van der Waals surface area contributed by atoms with E-state index in [2.05, 4.69) is 22.8 Å². The number of carbonyl (C=O) groups excluding carboxylic acids is 3. The molecule has 3 aliphatic rings. The molecule has 1 saturated heterocycles. The van der Waals surface area contributed by atoms with Gasteiger partial charge in [0.2, 0.25) is 11.8 Å². The number of carbonyl (C=O) groups is 3. The van der Waals surface area contributed by atoms with Crippen LogP contribution in [0, 0.1) is 12.8 Å². The van der Waals surface area contributed by atoms with Gasteiger partial charge in [-0.05, 0) is 78.8 Å². The van der Waals surface area contributed by atoms with Crippen LogP contribution in [0.5, 0.6) is 11.5 Å². The summed E-state index contributed by atoms with van der Waals surface area (Å²) >= 11 is 0. The monoisotopic (exact) mass is 744 g/mol. The number of fused-ring (bicyclic) bond motifs is 3. The molecule has 3 heterocycles. The Hall–Kier alpha value is -4.37. The van der Waals surface area contributed by atoms with Crippen molar-refractivity contribution in [3.8, 4) is 22.8 Å². The van der Waals surface area contributed by atoms with Crippen LogP contribution in [0.3, 0.4) is 0 Å². The molecule has 0 radical (unpaired) electrons. The molecule has 53 heavy (non-hydrogen) atoms. The van der Waals surface area contributed by atoms with Gasteiger partial charge in [-0.15, -0.1) is 0 Å². The van der Waals surface area contributed by atoms with Crippen molar-refractivity contribution in [2.24, 2.45) is 5.92 Å². The number of methoxy groups -OCH3 is 1. The fourth-order valence-corrected chi connectivity index (χ4v) is 9.38. The molecule has 0 bridgehead atoms. The molecule has 2 N–H and O–H groups in total. The van der Waals surface area contributed by atoms with Crippen molar-refractivity contribution in [2.45, 2.75) is 102 Å². The molecule has 1 aliphatic carbocycles. The van der Waals surface area contributed by atoms with Gasteiger partial charge >= 0.3 is 6.09 Å². The molecule has 12 heteroatoms. The number of nitrogens with one attached hydrogen (secondary N) is 2. The molecule has 5 unspecified atom stereocenters. The molecule has 1 saturated carbocycles. The van der Waals surface area contributed by atoms with Crippen molar-refractivity contribution in [1.82, 2.24) is 20.5 Å². The number of hydrogen-bond acceptors (Lipinski definition) is 8. The quantitative estimate of drug-likeness (QED) is 0.197. The normalized spacial score (nSPS) is 26.0. The Bertz CT molecular complexity index is 1930. The van der Waals surface area contributed by atoms with Crippen molar-refractivity contribution >= 4 is 36.0 Å². The Morgan fingerprint density at radius 2 is 1.81 bits per heavy atom. The zero-order valence-corrected chi connectivity index (χ0v) is 32.8. The maximum Gasteiger partial charge on any atom is 0.408 e. The van der Waals surface area contributed by atoms with Crippen LogP contribution in [-0.2, 0) is 18.9 Å². The topological polar surface area (TPSA) is 136 Å². The van der Waals surface area contributed by atoms with Gasteiger partial charge in [-0.3, -0.25) is 9.59 Å². The van der Waals surface area contributed by atoms with Crippen molar-refractivity contribution in [1.29, 1.82) is 0 Å². The molecule has 3 amide bonds. The van der Waals surface area contributed by atoms with E-state index >= 15 is 0 Å². The summed E-state index contributed by atoms with van der Waals surface area (Å²) in [5.74, 6) is 0.419. The largest absolute Gasteiger partial charge is 0.497 e. The number of rotatable bonds is 6. The third kappa shape index (κ3) is 8.72. The van der Waals surface area contributed by atoms with Gasteiger partial charge < -0.3 is 34.3 Å². The second-order valence-corrected chi connectivity index (χ2v) is 19.6. The predicted octanol–water partition coefficient (Wildman–Crippen LogP) is 7.44. The summed E-state index contributed by atoms with van der Waals surface area (Å²) in [6.07, 6.45) is 7.41. The van der Waals surface area contributed by atoms with Crippen LogP contribution >= 0.6 is 7.14 Å². The number of hydrogen-bond donors (Lipinski definition) is 2. The fourth-order valence-electron chi connectivity index (χ4n) is 7.48. The van der Waals surface area contributed by atoms with Crippen LogP contribution in [0.4, 0.5) is 4.79 Å².